The molecule has 0 radical (unpaired) electrons. The molecule has 102 valence electrons. The molecule has 0 saturated carbocycles. The number of unbranched alkanes of at least 4 members (excludes halogenated alkanes) is 1. The van der Waals surface area contributed by atoms with E-state index >= 15 is 0 Å². The first-order valence-corrected chi connectivity index (χ1v) is 6.69. The Kier molecular flexibility index (Phi) is 10.5. The van der Waals surface area contributed by atoms with Crippen LogP contribution in [-0.4, -0.2) is 56.5 Å². The number of nitrogens with one attached hydrogen (secondary N) is 2. The van der Waals surface area contributed by atoms with Crippen LogP contribution < -0.4 is 10.6 Å². The average molecular weight is 261 g/mol. The summed E-state index contributed by atoms with van der Waals surface area (Å²) in [4.78, 5) is 2.36. The molecule has 0 aliphatic carbocycles. The lowest BCUT2D eigenvalue weighted by atomic mass is 10.2. The molecule has 0 amide bonds. The van der Waals surface area contributed by atoms with Crippen LogP contribution in [0.5, 0.6) is 0 Å². The first kappa shape index (κ1) is 16.6. The van der Waals surface area contributed by atoms with Crippen LogP contribution in [-0.2, 0) is 4.74 Å². The van der Waals surface area contributed by atoms with Crippen LogP contribution in [0, 0.1) is 0 Å². The molecule has 0 fully saturated rings. The van der Waals surface area contributed by atoms with Crippen molar-refractivity contribution in [1.29, 1.82) is 0 Å². The van der Waals surface area contributed by atoms with Crippen molar-refractivity contribution in [3.05, 3.63) is 0 Å². The van der Waals surface area contributed by atoms with Gasteiger partial charge < -0.3 is 20.3 Å². The third-order valence-electron chi connectivity index (χ3n) is 2.70. The fourth-order valence-electron chi connectivity index (χ4n) is 1.28. The molecule has 0 aromatic rings. The van der Waals surface area contributed by atoms with Crippen molar-refractivity contribution < 1.29 is 4.74 Å². The van der Waals surface area contributed by atoms with Crippen molar-refractivity contribution in [2.75, 3.05) is 40.4 Å². The van der Waals surface area contributed by atoms with Gasteiger partial charge in [-0.25, -0.2) is 0 Å². The predicted molar refractivity (Wildman–Crippen MR) is 77.5 cm³/mol. The summed E-state index contributed by atoms with van der Waals surface area (Å²) >= 11 is 5.12. The van der Waals surface area contributed by atoms with Crippen molar-refractivity contribution in [3.8, 4) is 0 Å². The van der Waals surface area contributed by atoms with E-state index in [0.717, 1.165) is 31.2 Å². The summed E-state index contributed by atoms with van der Waals surface area (Å²) in [5.74, 6) is 0. The number of hydrogen-bond acceptors (Lipinski definition) is 3. The van der Waals surface area contributed by atoms with E-state index < -0.39 is 0 Å². The Bertz CT molecular complexity index is 200. The van der Waals surface area contributed by atoms with Crippen LogP contribution in [0.1, 0.15) is 26.7 Å². The van der Waals surface area contributed by atoms with E-state index in [4.69, 9.17) is 17.0 Å². The molecule has 0 spiro atoms. The molecule has 17 heavy (non-hydrogen) atoms. The van der Waals surface area contributed by atoms with Gasteiger partial charge in [0.1, 0.15) is 0 Å². The fourth-order valence-corrected chi connectivity index (χ4v) is 1.48. The number of nitrogens with zero attached hydrogens (tertiary/aromatic N) is 1. The summed E-state index contributed by atoms with van der Waals surface area (Å²) in [5, 5.41) is 7.00. The quantitative estimate of drug-likeness (QED) is 0.482. The van der Waals surface area contributed by atoms with Gasteiger partial charge in [0.15, 0.2) is 5.11 Å². The second-order valence-electron chi connectivity index (χ2n) is 4.46. The van der Waals surface area contributed by atoms with E-state index in [1.165, 1.54) is 6.42 Å². The summed E-state index contributed by atoms with van der Waals surface area (Å²) in [6.45, 7) is 7.95. The van der Waals surface area contributed by atoms with Gasteiger partial charge in [-0.05, 0) is 52.5 Å². The Morgan fingerprint density at radius 3 is 2.47 bits per heavy atom. The minimum Gasteiger partial charge on any atom is -0.383 e. The van der Waals surface area contributed by atoms with Crippen LogP contribution in [0.25, 0.3) is 0 Å². The highest BCUT2D eigenvalue weighted by Crippen LogP contribution is 1.97. The van der Waals surface area contributed by atoms with E-state index in [1.807, 2.05) is 0 Å². The number of rotatable bonds is 9. The van der Waals surface area contributed by atoms with E-state index in [-0.39, 0.29) is 0 Å². The van der Waals surface area contributed by atoms with Gasteiger partial charge in [-0.2, -0.15) is 0 Å². The Morgan fingerprint density at radius 2 is 1.88 bits per heavy atom. The average Bonchev–Trinajstić information content (AvgIpc) is 2.28. The zero-order chi connectivity index (χ0) is 13.1. The summed E-state index contributed by atoms with van der Waals surface area (Å²) in [6, 6.07) is 0.625. The van der Waals surface area contributed by atoms with Gasteiger partial charge in [-0.3, -0.25) is 0 Å². The summed E-state index contributed by atoms with van der Waals surface area (Å²) in [5.41, 5.74) is 0. The molecule has 0 aromatic carbocycles. The Labute approximate surface area is 111 Å². The number of thiocarbonyl (C=S) groups is 1. The van der Waals surface area contributed by atoms with Gasteiger partial charge in [-0.15, -0.1) is 0 Å². The van der Waals surface area contributed by atoms with Gasteiger partial charge >= 0.3 is 0 Å². The molecule has 0 aliphatic heterocycles. The second kappa shape index (κ2) is 10.7. The van der Waals surface area contributed by atoms with Crippen LogP contribution >= 0.6 is 12.2 Å². The maximum Gasteiger partial charge on any atom is 0.166 e. The largest absolute Gasteiger partial charge is 0.383 e. The summed E-state index contributed by atoms with van der Waals surface area (Å²) < 4.78 is 4.93. The predicted octanol–water partition coefficient (Wildman–Crippen LogP) is 1.22. The molecule has 0 unspecified atom stereocenters. The highest BCUT2D eigenvalue weighted by Gasteiger charge is 2.01. The highest BCUT2D eigenvalue weighted by molar-refractivity contribution is 7.80. The lowest BCUT2D eigenvalue weighted by Gasteiger charge is -2.20. The standard InChI is InChI=1S/C12H27N3OS/c1-11(2)15(3)9-6-5-7-13-12(17)14-8-10-16-4/h11H,5-10H2,1-4H3,(H2,13,14,17). The third-order valence-corrected chi connectivity index (χ3v) is 2.99. The molecule has 0 atom stereocenters. The molecule has 5 heteroatoms. The molecule has 0 saturated heterocycles. The normalized spacial score (nSPS) is 10.9. The molecular formula is C12H27N3OS. The van der Waals surface area contributed by atoms with Crippen LogP contribution in [0.15, 0.2) is 0 Å². The van der Waals surface area contributed by atoms with Crippen molar-refractivity contribution >= 4 is 17.3 Å². The molecule has 0 aromatic heterocycles. The van der Waals surface area contributed by atoms with Crippen molar-refractivity contribution in [3.63, 3.8) is 0 Å². The summed E-state index contributed by atoms with van der Waals surface area (Å²) in [7, 11) is 3.85. The number of ether oxygens (including phenoxy) is 1. The first-order chi connectivity index (χ1) is 8.07. The van der Waals surface area contributed by atoms with E-state index in [2.05, 4.69) is 36.4 Å². The molecular weight excluding hydrogens is 234 g/mol. The van der Waals surface area contributed by atoms with E-state index in [0.29, 0.717) is 12.6 Å². The number of hydrogen-bond donors (Lipinski definition) is 2. The first-order valence-electron chi connectivity index (χ1n) is 6.28. The second-order valence-corrected chi connectivity index (χ2v) is 4.87. The molecule has 4 nitrogen and oxygen atoms in total. The maximum atomic E-state index is 5.12. The molecule has 0 heterocycles. The Morgan fingerprint density at radius 1 is 1.24 bits per heavy atom. The third kappa shape index (κ3) is 10.5. The molecule has 2 N–H and O–H groups in total. The highest BCUT2D eigenvalue weighted by atomic mass is 32.1. The molecule has 0 rings (SSSR count). The smallest absolute Gasteiger partial charge is 0.166 e. The van der Waals surface area contributed by atoms with Gasteiger partial charge in [0, 0.05) is 26.2 Å². The zero-order valence-electron chi connectivity index (χ0n) is 11.6. The minimum absolute atomic E-state index is 0.625. The van der Waals surface area contributed by atoms with E-state index in [1.54, 1.807) is 7.11 Å². The SMILES string of the molecule is COCCNC(=S)NCCCCN(C)C(C)C. The lowest BCUT2D eigenvalue weighted by Crippen LogP contribution is -2.37. The van der Waals surface area contributed by atoms with Crippen LogP contribution in [0.2, 0.25) is 0 Å². The maximum absolute atomic E-state index is 5.12. The van der Waals surface area contributed by atoms with Crippen molar-refractivity contribution in [2.45, 2.75) is 32.7 Å². The van der Waals surface area contributed by atoms with Crippen molar-refractivity contribution in [2.24, 2.45) is 0 Å². The van der Waals surface area contributed by atoms with E-state index in [9.17, 15) is 0 Å². The minimum atomic E-state index is 0.625. The Balaban J connectivity index is 3.30. The topological polar surface area (TPSA) is 36.5 Å². The van der Waals surface area contributed by atoms with Gasteiger partial charge in [-0.1, -0.05) is 0 Å². The number of methoxy groups -OCH3 is 1. The molecule has 0 bridgehead atoms. The monoisotopic (exact) mass is 261 g/mol. The van der Waals surface area contributed by atoms with Crippen molar-refractivity contribution in [1.82, 2.24) is 15.5 Å². The lowest BCUT2D eigenvalue weighted by molar-refractivity contribution is 0.204. The van der Waals surface area contributed by atoms with Gasteiger partial charge in [0.25, 0.3) is 0 Å². The van der Waals surface area contributed by atoms with Crippen LogP contribution in [0.3, 0.4) is 0 Å². The van der Waals surface area contributed by atoms with Gasteiger partial charge in [0.2, 0.25) is 0 Å². The summed E-state index contributed by atoms with van der Waals surface area (Å²) in [6.07, 6.45) is 2.34. The fraction of sp³-hybridized carbons (Fsp3) is 0.917. The molecule has 0 aliphatic rings. The van der Waals surface area contributed by atoms with Gasteiger partial charge in [0.05, 0.1) is 6.61 Å². The van der Waals surface area contributed by atoms with Crippen LogP contribution in [0.4, 0.5) is 0 Å². The zero-order valence-corrected chi connectivity index (χ0v) is 12.4. The Hall–Kier alpha value is -0.390.